The SMILES string of the molecule is NNC(c1ccc(Cl)c(Cl)c1)C1C2CC3CC(C2)CC1C3. The van der Waals surface area contributed by atoms with Gasteiger partial charge in [0.05, 0.1) is 10.0 Å². The summed E-state index contributed by atoms with van der Waals surface area (Å²) in [6, 6.07) is 6.15. The average Bonchev–Trinajstić information content (AvgIpc) is 2.45. The van der Waals surface area contributed by atoms with Gasteiger partial charge >= 0.3 is 0 Å². The molecule has 0 radical (unpaired) electrons. The van der Waals surface area contributed by atoms with E-state index in [1.54, 1.807) is 0 Å². The van der Waals surface area contributed by atoms with Gasteiger partial charge in [-0.05, 0) is 79.4 Å². The minimum atomic E-state index is 0.203. The molecule has 0 aliphatic heterocycles. The summed E-state index contributed by atoms with van der Waals surface area (Å²) < 4.78 is 0. The maximum absolute atomic E-state index is 6.20. The number of halogens is 2. The number of hydrogen-bond acceptors (Lipinski definition) is 2. The van der Waals surface area contributed by atoms with Gasteiger partial charge in [-0.3, -0.25) is 11.3 Å². The zero-order valence-electron chi connectivity index (χ0n) is 12.1. The molecule has 0 spiro atoms. The molecule has 1 aromatic carbocycles. The predicted molar refractivity (Wildman–Crippen MR) is 87.1 cm³/mol. The van der Waals surface area contributed by atoms with Gasteiger partial charge in [0.15, 0.2) is 0 Å². The van der Waals surface area contributed by atoms with Crippen molar-refractivity contribution in [2.45, 2.75) is 38.1 Å². The van der Waals surface area contributed by atoms with E-state index in [1.165, 1.54) is 37.7 Å². The van der Waals surface area contributed by atoms with Crippen LogP contribution >= 0.6 is 23.2 Å². The van der Waals surface area contributed by atoms with Crippen molar-refractivity contribution in [3.63, 3.8) is 0 Å². The Morgan fingerprint density at radius 3 is 2.10 bits per heavy atom. The Morgan fingerprint density at radius 2 is 1.57 bits per heavy atom. The second-order valence-corrected chi connectivity index (χ2v) is 8.14. The second-order valence-electron chi connectivity index (χ2n) is 7.33. The van der Waals surface area contributed by atoms with Crippen molar-refractivity contribution in [1.82, 2.24) is 5.43 Å². The molecule has 4 heteroatoms. The van der Waals surface area contributed by atoms with Crippen LogP contribution in [-0.4, -0.2) is 0 Å². The Labute approximate surface area is 136 Å². The minimum Gasteiger partial charge on any atom is -0.271 e. The van der Waals surface area contributed by atoms with Gasteiger partial charge in [-0.1, -0.05) is 29.3 Å². The highest BCUT2D eigenvalue weighted by Crippen LogP contribution is 2.59. The molecule has 4 aliphatic carbocycles. The van der Waals surface area contributed by atoms with Crippen LogP contribution < -0.4 is 11.3 Å². The molecule has 0 amide bonds. The van der Waals surface area contributed by atoms with Crippen molar-refractivity contribution in [1.29, 1.82) is 0 Å². The highest BCUT2D eigenvalue weighted by atomic mass is 35.5. The van der Waals surface area contributed by atoms with Crippen LogP contribution in [0.15, 0.2) is 18.2 Å². The summed E-state index contributed by atoms with van der Waals surface area (Å²) in [6.07, 6.45) is 7.08. The van der Waals surface area contributed by atoms with E-state index in [0.717, 1.165) is 23.7 Å². The first-order valence-corrected chi connectivity index (χ1v) is 8.82. The molecular formula is C17H22Cl2N2. The number of nitrogens with one attached hydrogen (secondary N) is 1. The van der Waals surface area contributed by atoms with Crippen LogP contribution in [0.1, 0.15) is 43.7 Å². The van der Waals surface area contributed by atoms with Crippen LogP contribution in [0.25, 0.3) is 0 Å². The first kappa shape index (κ1) is 14.3. The normalized spacial score (nSPS) is 38.7. The number of hydrazine groups is 1. The molecule has 1 atom stereocenters. The highest BCUT2D eigenvalue weighted by Gasteiger charge is 2.50. The zero-order chi connectivity index (χ0) is 14.6. The summed E-state index contributed by atoms with van der Waals surface area (Å²) in [5.41, 5.74) is 4.28. The van der Waals surface area contributed by atoms with Gasteiger partial charge in [0.1, 0.15) is 0 Å². The second kappa shape index (κ2) is 5.42. The topological polar surface area (TPSA) is 38.0 Å². The summed E-state index contributed by atoms with van der Waals surface area (Å²) in [6.45, 7) is 0. The molecule has 4 aliphatic rings. The van der Waals surface area contributed by atoms with Gasteiger partial charge in [0, 0.05) is 6.04 Å². The molecule has 5 rings (SSSR count). The molecular weight excluding hydrogens is 303 g/mol. The Hall–Kier alpha value is -0.280. The molecule has 4 saturated carbocycles. The summed E-state index contributed by atoms with van der Waals surface area (Å²) >= 11 is 12.3. The standard InChI is InChI=1S/C17H22Cl2N2/c18-14-2-1-11(8-15(14)19)17(21-20)16-12-4-9-3-10(6-12)7-13(16)5-9/h1-2,8-10,12-13,16-17,21H,3-7,20H2. The minimum absolute atomic E-state index is 0.203. The summed E-state index contributed by atoms with van der Waals surface area (Å²) in [5, 5.41) is 1.24. The van der Waals surface area contributed by atoms with Gasteiger partial charge in [-0.25, -0.2) is 0 Å². The van der Waals surface area contributed by atoms with E-state index in [9.17, 15) is 0 Å². The van der Waals surface area contributed by atoms with Crippen molar-refractivity contribution in [2.24, 2.45) is 35.4 Å². The van der Waals surface area contributed by atoms with Crippen LogP contribution in [0.5, 0.6) is 0 Å². The third-order valence-electron chi connectivity index (χ3n) is 6.17. The lowest BCUT2D eigenvalue weighted by Gasteiger charge is -2.56. The quantitative estimate of drug-likeness (QED) is 0.631. The molecule has 4 bridgehead atoms. The van der Waals surface area contributed by atoms with Crippen LogP contribution in [0.2, 0.25) is 10.0 Å². The van der Waals surface area contributed by atoms with E-state index in [4.69, 9.17) is 29.0 Å². The lowest BCUT2D eigenvalue weighted by Crippen LogP contribution is -2.50. The van der Waals surface area contributed by atoms with Crippen molar-refractivity contribution in [3.05, 3.63) is 33.8 Å². The smallest absolute Gasteiger partial charge is 0.0595 e. The molecule has 1 unspecified atom stereocenters. The van der Waals surface area contributed by atoms with Crippen molar-refractivity contribution < 1.29 is 0 Å². The van der Waals surface area contributed by atoms with Crippen molar-refractivity contribution in [3.8, 4) is 0 Å². The third kappa shape index (κ3) is 2.41. The fourth-order valence-corrected chi connectivity index (χ4v) is 5.95. The fourth-order valence-electron chi connectivity index (χ4n) is 5.65. The average molecular weight is 325 g/mol. The largest absolute Gasteiger partial charge is 0.271 e. The lowest BCUT2D eigenvalue weighted by molar-refractivity contribution is -0.0525. The first-order valence-electron chi connectivity index (χ1n) is 8.06. The molecule has 0 heterocycles. The van der Waals surface area contributed by atoms with Crippen molar-refractivity contribution >= 4 is 23.2 Å². The van der Waals surface area contributed by atoms with E-state index in [1.807, 2.05) is 12.1 Å². The van der Waals surface area contributed by atoms with Crippen LogP contribution in [0, 0.1) is 29.6 Å². The van der Waals surface area contributed by atoms with E-state index in [0.29, 0.717) is 16.0 Å². The van der Waals surface area contributed by atoms with E-state index < -0.39 is 0 Å². The zero-order valence-corrected chi connectivity index (χ0v) is 13.6. The van der Waals surface area contributed by atoms with Crippen LogP contribution in [-0.2, 0) is 0 Å². The van der Waals surface area contributed by atoms with E-state index in [-0.39, 0.29) is 6.04 Å². The Balaban J connectivity index is 1.65. The maximum atomic E-state index is 6.20. The molecule has 1 aromatic rings. The first-order chi connectivity index (χ1) is 10.2. The summed E-state index contributed by atoms with van der Waals surface area (Å²) in [4.78, 5) is 0. The molecule has 21 heavy (non-hydrogen) atoms. The van der Waals surface area contributed by atoms with Crippen molar-refractivity contribution in [2.75, 3.05) is 0 Å². The highest BCUT2D eigenvalue weighted by molar-refractivity contribution is 6.42. The molecule has 4 fully saturated rings. The van der Waals surface area contributed by atoms with Crippen LogP contribution in [0.4, 0.5) is 0 Å². The van der Waals surface area contributed by atoms with Gasteiger partial charge < -0.3 is 0 Å². The molecule has 0 aromatic heterocycles. The van der Waals surface area contributed by atoms with Crippen LogP contribution in [0.3, 0.4) is 0 Å². The van der Waals surface area contributed by atoms with E-state index >= 15 is 0 Å². The van der Waals surface area contributed by atoms with Gasteiger partial charge in [-0.2, -0.15) is 0 Å². The molecule has 0 saturated heterocycles. The summed E-state index contributed by atoms with van der Waals surface area (Å²) in [5.74, 6) is 10.2. The number of benzene rings is 1. The molecule has 2 nitrogen and oxygen atoms in total. The number of hydrogen-bond donors (Lipinski definition) is 2. The monoisotopic (exact) mass is 324 g/mol. The Kier molecular flexibility index (Phi) is 3.69. The molecule has 114 valence electrons. The van der Waals surface area contributed by atoms with Gasteiger partial charge in [0.25, 0.3) is 0 Å². The Bertz CT molecular complexity index is 518. The fraction of sp³-hybridized carbons (Fsp3) is 0.647. The number of rotatable bonds is 3. The summed E-state index contributed by atoms with van der Waals surface area (Å²) in [7, 11) is 0. The predicted octanol–water partition coefficient (Wildman–Crippen LogP) is 4.57. The van der Waals surface area contributed by atoms with Gasteiger partial charge in [0.2, 0.25) is 0 Å². The third-order valence-corrected chi connectivity index (χ3v) is 6.91. The Morgan fingerprint density at radius 1 is 0.952 bits per heavy atom. The van der Waals surface area contributed by atoms with Gasteiger partial charge in [-0.15, -0.1) is 0 Å². The number of nitrogens with two attached hydrogens (primary N) is 1. The lowest BCUT2D eigenvalue weighted by atomic mass is 9.50. The van der Waals surface area contributed by atoms with E-state index in [2.05, 4.69) is 11.5 Å². The maximum Gasteiger partial charge on any atom is 0.0595 e. The molecule has 3 N–H and O–H groups in total.